The van der Waals surface area contributed by atoms with E-state index in [4.69, 9.17) is 18.5 Å². The maximum atomic E-state index is 12.6. The van der Waals surface area contributed by atoms with Gasteiger partial charge in [-0.15, -0.1) is 0 Å². The predicted octanol–water partition coefficient (Wildman–Crippen LogP) is 9.63. The summed E-state index contributed by atoms with van der Waals surface area (Å²) in [7, 11) is 1.46. The number of phosphoric ester groups is 1. The molecule has 0 aromatic heterocycles. The Labute approximate surface area is 288 Å². The third-order valence-corrected chi connectivity index (χ3v) is 8.78. The standard InChI is InChI=1S/C37H70NO8P/c1-6-8-10-12-14-16-17-18-19-20-21-22-24-26-28-30-37(40)46-35(34-45-47(41,42)44-32-31-38(3,4)5)33-43-36(39)29-27-25-23-15-13-11-9-7-2/h7,9,18-19,35H,6,8,10-17,20-34H2,1-5H3/p+1/b9-7-,19-18-/t35-/m1/s1. The number of ether oxygens (including phenoxy) is 2. The van der Waals surface area contributed by atoms with Crippen molar-refractivity contribution >= 4 is 19.8 Å². The summed E-state index contributed by atoms with van der Waals surface area (Å²) in [6.45, 7) is 4.16. The minimum absolute atomic E-state index is 0.0293. The highest BCUT2D eigenvalue weighted by Gasteiger charge is 2.27. The lowest BCUT2D eigenvalue weighted by atomic mass is 10.1. The Balaban J connectivity index is 4.43. The lowest BCUT2D eigenvalue weighted by Gasteiger charge is -2.24. The number of likely N-dealkylation sites (N-methyl/N-ethyl adjacent to an activating group) is 1. The van der Waals surface area contributed by atoms with Crippen molar-refractivity contribution in [2.75, 3.05) is 47.5 Å². The fraction of sp³-hybridized carbons (Fsp3) is 0.838. The zero-order chi connectivity index (χ0) is 35.1. The Hall–Kier alpha value is -1.51. The molecule has 0 radical (unpaired) electrons. The summed E-state index contributed by atoms with van der Waals surface area (Å²) in [6.07, 6.45) is 29.6. The van der Waals surface area contributed by atoms with Gasteiger partial charge < -0.3 is 18.9 Å². The maximum absolute atomic E-state index is 12.6. The molecule has 276 valence electrons. The Kier molecular flexibility index (Phi) is 29.6. The SMILES string of the molecule is C/C=C\CCCCCCCC(=O)OC[C@H](COP(=O)(O)OCC[N+](C)(C)C)OC(=O)CCCCCCC/C=C\CCCCCCCC. The summed E-state index contributed by atoms with van der Waals surface area (Å²) in [5.74, 6) is -0.826. The Bertz CT molecular complexity index is 871. The number of unbranched alkanes of at least 4 members (excludes halogenated alkanes) is 16. The molecular weight excluding hydrogens is 617 g/mol. The van der Waals surface area contributed by atoms with Crippen molar-refractivity contribution in [3.63, 3.8) is 0 Å². The molecule has 10 heteroatoms. The second-order valence-corrected chi connectivity index (χ2v) is 15.1. The van der Waals surface area contributed by atoms with E-state index in [-0.39, 0.29) is 32.0 Å². The number of carbonyl (C=O) groups is 2. The van der Waals surface area contributed by atoms with E-state index in [9.17, 15) is 19.0 Å². The molecule has 1 unspecified atom stereocenters. The van der Waals surface area contributed by atoms with Gasteiger partial charge in [-0.05, 0) is 58.3 Å². The van der Waals surface area contributed by atoms with E-state index in [0.29, 0.717) is 17.4 Å². The first-order valence-corrected chi connectivity index (χ1v) is 20.0. The van der Waals surface area contributed by atoms with Gasteiger partial charge in [-0.1, -0.05) is 102 Å². The third kappa shape index (κ3) is 34.2. The van der Waals surface area contributed by atoms with Gasteiger partial charge in [0.2, 0.25) is 0 Å². The molecule has 0 saturated heterocycles. The van der Waals surface area contributed by atoms with Gasteiger partial charge in [-0.25, -0.2) is 4.57 Å². The zero-order valence-corrected chi connectivity index (χ0v) is 31.7. The molecule has 0 heterocycles. The van der Waals surface area contributed by atoms with Crippen molar-refractivity contribution in [2.24, 2.45) is 0 Å². The molecule has 47 heavy (non-hydrogen) atoms. The summed E-state index contributed by atoms with van der Waals surface area (Å²) in [6, 6.07) is 0. The van der Waals surface area contributed by atoms with Crippen LogP contribution in [0.4, 0.5) is 0 Å². The molecular formula is C37H71NO8P+. The number of hydrogen-bond acceptors (Lipinski definition) is 7. The summed E-state index contributed by atoms with van der Waals surface area (Å²) in [5.41, 5.74) is 0. The fourth-order valence-electron chi connectivity index (χ4n) is 4.83. The van der Waals surface area contributed by atoms with E-state index in [0.717, 1.165) is 70.6 Å². The fourth-order valence-corrected chi connectivity index (χ4v) is 5.57. The van der Waals surface area contributed by atoms with Gasteiger partial charge in [0, 0.05) is 12.8 Å². The number of quaternary nitrogens is 1. The predicted molar refractivity (Wildman–Crippen MR) is 192 cm³/mol. The Morgan fingerprint density at radius 3 is 1.70 bits per heavy atom. The van der Waals surface area contributed by atoms with Crippen LogP contribution in [-0.4, -0.2) is 74.9 Å². The normalized spacial score (nSPS) is 14.1. The molecule has 0 aliphatic heterocycles. The topological polar surface area (TPSA) is 108 Å². The van der Waals surface area contributed by atoms with Crippen LogP contribution >= 0.6 is 7.82 Å². The molecule has 0 bridgehead atoms. The highest BCUT2D eigenvalue weighted by atomic mass is 31.2. The molecule has 0 saturated carbocycles. The van der Waals surface area contributed by atoms with Crippen LogP contribution in [0.3, 0.4) is 0 Å². The Morgan fingerprint density at radius 1 is 0.681 bits per heavy atom. The summed E-state index contributed by atoms with van der Waals surface area (Å²) in [4.78, 5) is 35.0. The molecule has 0 rings (SSSR count). The van der Waals surface area contributed by atoms with Crippen molar-refractivity contribution in [1.82, 2.24) is 0 Å². The first kappa shape index (κ1) is 45.5. The van der Waals surface area contributed by atoms with Crippen LogP contribution in [-0.2, 0) is 32.7 Å². The molecule has 0 aromatic carbocycles. The first-order chi connectivity index (χ1) is 22.5. The van der Waals surface area contributed by atoms with Crippen LogP contribution in [0, 0.1) is 0 Å². The van der Waals surface area contributed by atoms with Crippen LogP contribution in [0.1, 0.15) is 149 Å². The van der Waals surface area contributed by atoms with E-state index in [1.165, 1.54) is 44.9 Å². The van der Waals surface area contributed by atoms with Gasteiger partial charge in [-0.3, -0.25) is 18.6 Å². The quantitative estimate of drug-likeness (QED) is 0.0239. The van der Waals surface area contributed by atoms with Crippen molar-refractivity contribution < 1.29 is 42.1 Å². The van der Waals surface area contributed by atoms with Gasteiger partial charge in [0.15, 0.2) is 6.10 Å². The average molecular weight is 689 g/mol. The highest BCUT2D eigenvalue weighted by molar-refractivity contribution is 7.47. The van der Waals surface area contributed by atoms with E-state index in [1.54, 1.807) is 0 Å². The number of allylic oxidation sites excluding steroid dienone is 4. The van der Waals surface area contributed by atoms with Crippen LogP contribution in [0.25, 0.3) is 0 Å². The number of esters is 2. The average Bonchev–Trinajstić information content (AvgIpc) is 3.01. The molecule has 0 amide bonds. The number of carbonyl (C=O) groups excluding carboxylic acids is 2. The molecule has 0 aromatic rings. The third-order valence-electron chi connectivity index (χ3n) is 7.80. The minimum Gasteiger partial charge on any atom is -0.462 e. The van der Waals surface area contributed by atoms with E-state index < -0.39 is 26.5 Å². The highest BCUT2D eigenvalue weighted by Crippen LogP contribution is 2.43. The van der Waals surface area contributed by atoms with Crippen LogP contribution in [0.2, 0.25) is 0 Å². The van der Waals surface area contributed by atoms with Crippen molar-refractivity contribution in [1.29, 1.82) is 0 Å². The van der Waals surface area contributed by atoms with Gasteiger partial charge in [0.05, 0.1) is 27.7 Å². The summed E-state index contributed by atoms with van der Waals surface area (Å²) in [5, 5.41) is 0. The van der Waals surface area contributed by atoms with Gasteiger partial charge in [0.1, 0.15) is 19.8 Å². The van der Waals surface area contributed by atoms with E-state index >= 15 is 0 Å². The lowest BCUT2D eigenvalue weighted by molar-refractivity contribution is -0.870. The summed E-state index contributed by atoms with van der Waals surface area (Å²) < 4.78 is 34.0. The number of rotatable bonds is 33. The van der Waals surface area contributed by atoms with Gasteiger partial charge in [0.25, 0.3) is 0 Å². The smallest absolute Gasteiger partial charge is 0.462 e. The van der Waals surface area contributed by atoms with Crippen LogP contribution < -0.4 is 0 Å². The second-order valence-electron chi connectivity index (χ2n) is 13.6. The molecule has 2 atom stereocenters. The second kappa shape index (κ2) is 30.5. The monoisotopic (exact) mass is 688 g/mol. The summed E-state index contributed by atoms with van der Waals surface area (Å²) >= 11 is 0. The van der Waals surface area contributed by atoms with E-state index in [2.05, 4.69) is 31.2 Å². The largest absolute Gasteiger partial charge is 0.472 e. The molecule has 0 aliphatic rings. The van der Waals surface area contributed by atoms with Crippen molar-refractivity contribution in [3.8, 4) is 0 Å². The van der Waals surface area contributed by atoms with Crippen molar-refractivity contribution in [3.05, 3.63) is 24.3 Å². The Morgan fingerprint density at radius 2 is 1.17 bits per heavy atom. The molecule has 1 N–H and O–H groups in total. The number of phosphoric acid groups is 1. The molecule has 0 aliphatic carbocycles. The van der Waals surface area contributed by atoms with E-state index in [1.807, 2.05) is 28.1 Å². The van der Waals surface area contributed by atoms with Gasteiger partial charge >= 0.3 is 19.8 Å². The van der Waals surface area contributed by atoms with Gasteiger partial charge in [-0.2, -0.15) is 0 Å². The van der Waals surface area contributed by atoms with Crippen LogP contribution in [0.5, 0.6) is 0 Å². The maximum Gasteiger partial charge on any atom is 0.472 e. The number of hydrogen-bond donors (Lipinski definition) is 1. The molecule has 9 nitrogen and oxygen atoms in total. The zero-order valence-electron chi connectivity index (χ0n) is 30.8. The van der Waals surface area contributed by atoms with Crippen LogP contribution in [0.15, 0.2) is 24.3 Å². The molecule has 0 fully saturated rings. The first-order valence-electron chi connectivity index (χ1n) is 18.5. The number of nitrogens with zero attached hydrogens (tertiary/aromatic N) is 1. The van der Waals surface area contributed by atoms with Crippen molar-refractivity contribution in [2.45, 2.75) is 155 Å². The lowest BCUT2D eigenvalue weighted by Crippen LogP contribution is -2.37. The minimum atomic E-state index is -4.36. The molecule has 0 spiro atoms.